The van der Waals surface area contributed by atoms with Crippen LogP contribution >= 0.6 is 0 Å². The third kappa shape index (κ3) is 3.93. The summed E-state index contributed by atoms with van der Waals surface area (Å²) in [6.45, 7) is 0.223. The third-order valence-corrected chi connectivity index (χ3v) is 4.17. The van der Waals surface area contributed by atoms with Gasteiger partial charge in [-0.2, -0.15) is 4.99 Å². The van der Waals surface area contributed by atoms with Crippen molar-refractivity contribution in [2.24, 2.45) is 10.7 Å². The highest BCUT2D eigenvalue weighted by Crippen LogP contribution is 2.30. The normalized spacial score (nSPS) is 14.9. The molecule has 0 unspecified atom stereocenters. The van der Waals surface area contributed by atoms with Gasteiger partial charge in [0.1, 0.15) is 12.3 Å². The van der Waals surface area contributed by atoms with Crippen LogP contribution in [0.1, 0.15) is 11.1 Å². The first kappa shape index (κ1) is 18.9. The lowest BCUT2D eigenvalue weighted by Crippen LogP contribution is -2.28. The molecule has 9 nitrogen and oxygen atoms in total. The second kappa shape index (κ2) is 7.78. The number of likely N-dealkylation sites (N-methyl/N-ethyl adjacent to an activating group) is 1. The Kier molecular flexibility index (Phi) is 5.25. The summed E-state index contributed by atoms with van der Waals surface area (Å²) in [7, 11) is 3.17. The molecule has 0 bridgehead atoms. The first-order valence-corrected chi connectivity index (χ1v) is 8.27. The Morgan fingerprint density at radius 2 is 1.93 bits per heavy atom. The Morgan fingerprint density at radius 3 is 2.50 bits per heavy atom. The van der Waals surface area contributed by atoms with Crippen LogP contribution in [0, 0.1) is 10.1 Å². The molecule has 0 radical (unpaired) electrons. The largest absolute Gasteiger partial charge is 0.493 e. The number of carbonyl (C=O) groups is 1. The Bertz CT molecular complexity index is 982. The third-order valence-electron chi connectivity index (χ3n) is 4.17. The maximum Gasteiger partial charge on any atom is 0.296 e. The number of hydrogen-bond donors (Lipinski definition) is 1. The zero-order chi connectivity index (χ0) is 20.3. The van der Waals surface area contributed by atoms with Crippen LogP contribution in [0.5, 0.6) is 11.5 Å². The lowest BCUT2D eigenvalue weighted by Gasteiger charge is -2.13. The first-order valence-electron chi connectivity index (χ1n) is 8.27. The van der Waals surface area contributed by atoms with Crippen LogP contribution in [0.3, 0.4) is 0 Å². The molecule has 1 heterocycles. The van der Waals surface area contributed by atoms with Crippen LogP contribution < -0.4 is 15.2 Å². The number of amides is 1. The number of nitro groups is 1. The smallest absolute Gasteiger partial charge is 0.296 e. The number of nitrogens with zero attached hydrogens (tertiary/aromatic N) is 3. The SMILES string of the molecule is COc1cc(/C=C2\C(=O)N=C(N)N2C)ccc1OCc1ccc([N+](=O)[O-])cc1. The maximum absolute atomic E-state index is 11.9. The van der Waals surface area contributed by atoms with E-state index < -0.39 is 10.8 Å². The number of hydrogen-bond acceptors (Lipinski definition) is 7. The molecule has 0 fully saturated rings. The summed E-state index contributed by atoms with van der Waals surface area (Å²) < 4.78 is 11.1. The first-order chi connectivity index (χ1) is 13.4. The maximum atomic E-state index is 11.9. The number of carbonyl (C=O) groups excluding carboxylic acids is 1. The molecule has 1 aliphatic heterocycles. The molecule has 2 aromatic carbocycles. The highest BCUT2D eigenvalue weighted by molar-refractivity contribution is 6.12. The molecule has 2 aromatic rings. The van der Waals surface area contributed by atoms with Gasteiger partial charge in [0, 0.05) is 19.2 Å². The van der Waals surface area contributed by atoms with Crippen molar-refractivity contribution >= 4 is 23.6 Å². The highest BCUT2D eigenvalue weighted by atomic mass is 16.6. The molecule has 0 spiro atoms. The van der Waals surface area contributed by atoms with E-state index in [4.69, 9.17) is 15.2 Å². The van der Waals surface area contributed by atoms with E-state index in [1.807, 2.05) is 0 Å². The summed E-state index contributed by atoms with van der Waals surface area (Å²) in [6, 6.07) is 11.3. The van der Waals surface area contributed by atoms with Gasteiger partial charge in [-0.1, -0.05) is 6.07 Å². The second-order valence-corrected chi connectivity index (χ2v) is 5.99. The van der Waals surface area contributed by atoms with Crippen molar-refractivity contribution in [3.8, 4) is 11.5 Å². The summed E-state index contributed by atoms with van der Waals surface area (Å²) in [4.78, 5) is 27.3. The topological polar surface area (TPSA) is 120 Å². The number of nitro benzene ring substituents is 1. The van der Waals surface area contributed by atoms with E-state index in [0.29, 0.717) is 17.2 Å². The predicted molar refractivity (Wildman–Crippen MR) is 103 cm³/mol. The van der Waals surface area contributed by atoms with E-state index in [1.165, 1.54) is 24.1 Å². The van der Waals surface area contributed by atoms with Crippen LogP contribution in [-0.4, -0.2) is 35.8 Å². The average molecular weight is 382 g/mol. The summed E-state index contributed by atoms with van der Waals surface area (Å²) >= 11 is 0. The van der Waals surface area contributed by atoms with E-state index >= 15 is 0 Å². The molecular formula is C19H18N4O5. The van der Waals surface area contributed by atoms with Crippen molar-refractivity contribution in [1.29, 1.82) is 0 Å². The molecule has 0 atom stereocenters. The van der Waals surface area contributed by atoms with E-state index in [9.17, 15) is 14.9 Å². The molecule has 3 rings (SSSR count). The molecular weight excluding hydrogens is 364 g/mol. The van der Waals surface area contributed by atoms with Gasteiger partial charge in [-0.3, -0.25) is 14.9 Å². The van der Waals surface area contributed by atoms with Crippen LogP contribution in [0.15, 0.2) is 53.2 Å². The monoisotopic (exact) mass is 382 g/mol. The second-order valence-electron chi connectivity index (χ2n) is 5.99. The van der Waals surface area contributed by atoms with Crippen LogP contribution in [0.25, 0.3) is 6.08 Å². The fourth-order valence-corrected chi connectivity index (χ4v) is 2.59. The van der Waals surface area contributed by atoms with Gasteiger partial charge >= 0.3 is 0 Å². The number of guanidine groups is 1. The molecule has 28 heavy (non-hydrogen) atoms. The molecule has 0 aliphatic carbocycles. The van der Waals surface area contributed by atoms with Gasteiger partial charge < -0.3 is 20.1 Å². The van der Waals surface area contributed by atoms with Crippen molar-refractivity contribution < 1.29 is 19.2 Å². The standard InChI is InChI=1S/C19H18N4O5/c1-22-15(18(24)21-19(22)20)9-13-5-8-16(17(10-13)27-2)28-11-12-3-6-14(7-4-12)23(25)26/h3-10H,11H2,1-2H3,(H2,20,21,24)/b15-9+. The molecule has 0 saturated carbocycles. The average Bonchev–Trinajstić information content (AvgIpc) is 2.93. The Morgan fingerprint density at radius 1 is 1.21 bits per heavy atom. The fourth-order valence-electron chi connectivity index (χ4n) is 2.59. The number of aliphatic imine (C=N–C) groups is 1. The van der Waals surface area contributed by atoms with Crippen molar-refractivity contribution in [2.75, 3.05) is 14.2 Å². The van der Waals surface area contributed by atoms with Crippen molar-refractivity contribution in [3.05, 3.63) is 69.4 Å². The van der Waals surface area contributed by atoms with Crippen molar-refractivity contribution in [3.63, 3.8) is 0 Å². The Hall–Kier alpha value is -3.88. The fraction of sp³-hybridized carbons (Fsp3) is 0.158. The van der Waals surface area contributed by atoms with Crippen molar-refractivity contribution in [1.82, 2.24) is 4.90 Å². The van der Waals surface area contributed by atoms with Gasteiger partial charge in [-0.15, -0.1) is 0 Å². The zero-order valence-electron chi connectivity index (χ0n) is 15.3. The Balaban J connectivity index is 1.75. The number of benzene rings is 2. The predicted octanol–water partition coefficient (Wildman–Crippen LogP) is 2.31. The van der Waals surface area contributed by atoms with Gasteiger partial charge in [0.15, 0.2) is 11.5 Å². The molecule has 9 heteroatoms. The molecule has 0 saturated heterocycles. The number of non-ortho nitro benzene ring substituents is 1. The zero-order valence-corrected chi connectivity index (χ0v) is 15.3. The van der Waals surface area contributed by atoms with E-state index in [1.54, 1.807) is 43.5 Å². The van der Waals surface area contributed by atoms with Gasteiger partial charge in [0.2, 0.25) is 5.96 Å². The molecule has 0 aromatic heterocycles. The summed E-state index contributed by atoms with van der Waals surface area (Å²) in [6.07, 6.45) is 1.66. The van der Waals surface area contributed by atoms with Gasteiger partial charge in [0.05, 0.1) is 12.0 Å². The molecule has 2 N–H and O–H groups in total. The molecule has 144 valence electrons. The minimum Gasteiger partial charge on any atom is -0.493 e. The summed E-state index contributed by atoms with van der Waals surface area (Å²) in [5.74, 6) is 0.729. The lowest BCUT2D eigenvalue weighted by atomic mass is 10.1. The van der Waals surface area contributed by atoms with Crippen LogP contribution in [0.4, 0.5) is 5.69 Å². The summed E-state index contributed by atoms with van der Waals surface area (Å²) in [5.41, 5.74) is 7.53. The Labute approximate surface area is 160 Å². The van der Waals surface area contributed by atoms with E-state index in [-0.39, 0.29) is 18.3 Å². The minimum absolute atomic E-state index is 0.0229. The lowest BCUT2D eigenvalue weighted by molar-refractivity contribution is -0.384. The van der Waals surface area contributed by atoms with Gasteiger partial charge in [-0.25, -0.2) is 0 Å². The molecule has 1 aliphatic rings. The van der Waals surface area contributed by atoms with E-state index in [0.717, 1.165) is 11.1 Å². The highest BCUT2D eigenvalue weighted by Gasteiger charge is 2.24. The number of ether oxygens (including phenoxy) is 2. The minimum atomic E-state index is -0.452. The van der Waals surface area contributed by atoms with Gasteiger partial charge in [0.25, 0.3) is 11.6 Å². The van der Waals surface area contributed by atoms with Crippen LogP contribution in [0.2, 0.25) is 0 Å². The van der Waals surface area contributed by atoms with Gasteiger partial charge in [-0.05, 0) is 41.5 Å². The summed E-state index contributed by atoms with van der Waals surface area (Å²) in [5, 5.41) is 10.7. The number of nitrogens with two attached hydrogens (primary N) is 1. The quantitative estimate of drug-likeness (QED) is 0.462. The van der Waals surface area contributed by atoms with Crippen molar-refractivity contribution in [2.45, 2.75) is 6.61 Å². The van der Waals surface area contributed by atoms with Crippen LogP contribution in [-0.2, 0) is 11.4 Å². The number of methoxy groups -OCH3 is 1. The van der Waals surface area contributed by atoms with E-state index in [2.05, 4.69) is 4.99 Å². The molecule has 1 amide bonds. The number of rotatable bonds is 6.